The molecule has 1 heterocycles. The topological polar surface area (TPSA) is 48.4 Å². The molecule has 0 aliphatic rings. The Hall–Kier alpha value is -1.48. The molecule has 74 valence electrons. The fourth-order valence-electron chi connectivity index (χ4n) is 1.62. The Labute approximate surface area is 82.5 Å². The molecule has 2 rings (SSSR count). The number of methoxy groups -OCH3 is 1. The van der Waals surface area contributed by atoms with Gasteiger partial charge in [0.15, 0.2) is 11.3 Å². The number of fused-ring (bicyclic) bond motifs is 1. The summed E-state index contributed by atoms with van der Waals surface area (Å²) in [7, 11) is 1.65. The lowest BCUT2D eigenvalue weighted by Crippen LogP contribution is -2.04. The van der Waals surface area contributed by atoms with Crippen LogP contribution in [0.15, 0.2) is 28.9 Å². The van der Waals surface area contributed by atoms with Crippen LogP contribution in [0.2, 0.25) is 0 Å². The molecule has 0 fully saturated rings. The third-order valence-corrected chi connectivity index (χ3v) is 2.28. The molecule has 0 aliphatic heterocycles. The van der Waals surface area contributed by atoms with Crippen molar-refractivity contribution >= 4 is 11.0 Å². The van der Waals surface area contributed by atoms with Crippen molar-refractivity contribution in [2.45, 2.75) is 6.42 Å². The van der Waals surface area contributed by atoms with Gasteiger partial charge in [0.05, 0.1) is 13.4 Å². The summed E-state index contributed by atoms with van der Waals surface area (Å²) in [6, 6.07) is 5.97. The third-order valence-electron chi connectivity index (χ3n) is 2.28. The summed E-state index contributed by atoms with van der Waals surface area (Å²) in [5.74, 6) is 0.804. The van der Waals surface area contributed by atoms with Gasteiger partial charge in [-0.25, -0.2) is 0 Å². The molecule has 14 heavy (non-hydrogen) atoms. The molecule has 0 saturated carbocycles. The second kappa shape index (κ2) is 3.72. The van der Waals surface area contributed by atoms with Crippen LogP contribution in [0.4, 0.5) is 0 Å². The van der Waals surface area contributed by atoms with Crippen LogP contribution in [0.25, 0.3) is 11.0 Å². The largest absolute Gasteiger partial charge is 0.493 e. The van der Waals surface area contributed by atoms with E-state index in [0.717, 1.165) is 28.7 Å². The van der Waals surface area contributed by atoms with E-state index in [2.05, 4.69) is 0 Å². The van der Waals surface area contributed by atoms with E-state index >= 15 is 0 Å². The van der Waals surface area contributed by atoms with Gasteiger partial charge in [-0.3, -0.25) is 0 Å². The molecule has 3 heteroatoms. The second-order valence-corrected chi connectivity index (χ2v) is 3.14. The molecule has 0 radical (unpaired) electrons. The van der Waals surface area contributed by atoms with Crippen LogP contribution in [-0.2, 0) is 6.42 Å². The highest BCUT2D eigenvalue weighted by atomic mass is 16.5. The molecule has 2 aromatic rings. The zero-order valence-corrected chi connectivity index (χ0v) is 8.12. The van der Waals surface area contributed by atoms with E-state index in [4.69, 9.17) is 14.9 Å². The first-order valence-electron chi connectivity index (χ1n) is 4.60. The van der Waals surface area contributed by atoms with Gasteiger partial charge in [-0.05, 0) is 24.6 Å². The van der Waals surface area contributed by atoms with E-state index < -0.39 is 0 Å². The fraction of sp³-hybridized carbons (Fsp3) is 0.273. The maximum absolute atomic E-state index is 5.52. The zero-order valence-electron chi connectivity index (χ0n) is 8.12. The first-order valence-corrected chi connectivity index (χ1v) is 4.60. The molecule has 0 amide bonds. The Kier molecular flexibility index (Phi) is 2.41. The van der Waals surface area contributed by atoms with Gasteiger partial charge in [-0.1, -0.05) is 12.1 Å². The first kappa shape index (κ1) is 9.09. The molecule has 0 bridgehead atoms. The minimum Gasteiger partial charge on any atom is -0.493 e. The predicted molar refractivity (Wildman–Crippen MR) is 55.5 cm³/mol. The van der Waals surface area contributed by atoms with Crippen molar-refractivity contribution in [2.24, 2.45) is 5.73 Å². The molecule has 2 N–H and O–H groups in total. The van der Waals surface area contributed by atoms with Crippen molar-refractivity contribution in [1.82, 2.24) is 0 Å². The van der Waals surface area contributed by atoms with Gasteiger partial charge in [0, 0.05) is 5.39 Å². The second-order valence-electron chi connectivity index (χ2n) is 3.14. The number of hydrogen-bond acceptors (Lipinski definition) is 3. The zero-order chi connectivity index (χ0) is 9.97. The van der Waals surface area contributed by atoms with Crippen molar-refractivity contribution in [3.05, 3.63) is 30.0 Å². The van der Waals surface area contributed by atoms with Gasteiger partial charge < -0.3 is 14.9 Å². The number of hydrogen-bond donors (Lipinski definition) is 1. The summed E-state index contributed by atoms with van der Waals surface area (Å²) >= 11 is 0. The van der Waals surface area contributed by atoms with Crippen molar-refractivity contribution in [3.8, 4) is 5.75 Å². The van der Waals surface area contributed by atoms with Crippen LogP contribution in [0.1, 0.15) is 5.56 Å². The maximum atomic E-state index is 5.52. The van der Waals surface area contributed by atoms with E-state index in [9.17, 15) is 0 Å². The molecule has 0 spiro atoms. The van der Waals surface area contributed by atoms with Gasteiger partial charge in [-0.2, -0.15) is 0 Å². The SMILES string of the molecule is COc1c(CCN)ccc2ccoc12. The summed E-state index contributed by atoms with van der Waals surface area (Å²) in [6.45, 7) is 0.614. The van der Waals surface area contributed by atoms with Crippen LogP contribution in [-0.4, -0.2) is 13.7 Å². The molecule has 0 aliphatic carbocycles. The summed E-state index contributed by atoms with van der Waals surface area (Å²) in [5.41, 5.74) is 7.42. The monoisotopic (exact) mass is 191 g/mol. The van der Waals surface area contributed by atoms with E-state index in [1.54, 1.807) is 13.4 Å². The molecular formula is C11H13NO2. The summed E-state index contributed by atoms with van der Waals surface area (Å²) < 4.78 is 10.7. The van der Waals surface area contributed by atoms with Gasteiger partial charge in [0.25, 0.3) is 0 Å². The van der Waals surface area contributed by atoms with E-state index in [1.165, 1.54) is 0 Å². The Bertz CT molecular complexity index is 434. The lowest BCUT2D eigenvalue weighted by Gasteiger charge is -2.07. The van der Waals surface area contributed by atoms with Gasteiger partial charge in [0.1, 0.15) is 0 Å². The lowest BCUT2D eigenvalue weighted by molar-refractivity contribution is 0.405. The lowest BCUT2D eigenvalue weighted by atomic mass is 10.1. The molecule has 1 aromatic heterocycles. The Morgan fingerprint density at radius 2 is 2.21 bits per heavy atom. The van der Waals surface area contributed by atoms with Crippen LogP contribution in [0.5, 0.6) is 5.75 Å². The Balaban J connectivity index is 2.60. The van der Waals surface area contributed by atoms with Crippen molar-refractivity contribution < 1.29 is 9.15 Å². The molecule has 0 unspecified atom stereocenters. The van der Waals surface area contributed by atoms with Gasteiger partial charge in [-0.15, -0.1) is 0 Å². The molecular weight excluding hydrogens is 178 g/mol. The van der Waals surface area contributed by atoms with Crippen molar-refractivity contribution in [3.63, 3.8) is 0 Å². The number of benzene rings is 1. The van der Waals surface area contributed by atoms with Crippen molar-refractivity contribution in [2.75, 3.05) is 13.7 Å². The maximum Gasteiger partial charge on any atom is 0.175 e. The van der Waals surface area contributed by atoms with Crippen LogP contribution in [0.3, 0.4) is 0 Å². The highest BCUT2D eigenvalue weighted by Crippen LogP contribution is 2.30. The molecule has 1 aromatic carbocycles. The number of ether oxygens (including phenoxy) is 1. The first-order chi connectivity index (χ1) is 6.86. The Morgan fingerprint density at radius 1 is 1.36 bits per heavy atom. The van der Waals surface area contributed by atoms with Crippen LogP contribution >= 0.6 is 0 Å². The summed E-state index contributed by atoms with van der Waals surface area (Å²) in [6.07, 6.45) is 2.47. The van der Waals surface area contributed by atoms with E-state index in [0.29, 0.717) is 6.54 Å². The van der Waals surface area contributed by atoms with E-state index in [1.807, 2.05) is 18.2 Å². The van der Waals surface area contributed by atoms with Crippen LogP contribution < -0.4 is 10.5 Å². The number of furan rings is 1. The Morgan fingerprint density at radius 3 is 2.93 bits per heavy atom. The minimum atomic E-state index is 0.614. The summed E-state index contributed by atoms with van der Waals surface area (Å²) in [4.78, 5) is 0. The van der Waals surface area contributed by atoms with E-state index in [-0.39, 0.29) is 0 Å². The molecule has 0 saturated heterocycles. The molecule has 0 atom stereocenters. The van der Waals surface area contributed by atoms with Gasteiger partial charge >= 0.3 is 0 Å². The van der Waals surface area contributed by atoms with Crippen LogP contribution in [0, 0.1) is 0 Å². The quantitative estimate of drug-likeness (QED) is 0.806. The highest BCUT2D eigenvalue weighted by molar-refractivity contribution is 5.84. The minimum absolute atomic E-state index is 0.614. The van der Waals surface area contributed by atoms with Crippen molar-refractivity contribution in [1.29, 1.82) is 0 Å². The summed E-state index contributed by atoms with van der Waals surface area (Å²) in [5, 5.41) is 1.06. The average molecular weight is 191 g/mol. The number of nitrogens with two attached hydrogens (primary N) is 1. The standard InChI is InChI=1S/C11H13NO2/c1-13-10-8(4-6-12)2-3-9-5-7-14-11(9)10/h2-3,5,7H,4,6,12H2,1H3. The molecule has 3 nitrogen and oxygen atoms in total. The fourth-order valence-corrected chi connectivity index (χ4v) is 1.62. The van der Waals surface area contributed by atoms with Gasteiger partial charge in [0.2, 0.25) is 0 Å². The highest BCUT2D eigenvalue weighted by Gasteiger charge is 2.09. The third kappa shape index (κ3) is 1.36. The average Bonchev–Trinajstić information content (AvgIpc) is 2.66. The predicted octanol–water partition coefficient (Wildman–Crippen LogP) is 1.94. The smallest absolute Gasteiger partial charge is 0.175 e. The number of rotatable bonds is 3. The normalized spacial score (nSPS) is 10.7.